The van der Waals surface area contributed by atoms with Gasteiger partial charge in [0.05, 0.1) is 19.0 Å². The van der Waals surface area contributed by atoms with Crippen molar-refractivity contribution in [1.29, 1.82) is 0 Å². The summed E-state index contributed by atoms with van der Waals surface area (Å²) in [6.45, 7) is 4.40. The first-order valence-electron chi connectivity index (χ1n) is 12.7. The quantitative estimate of drug-likeness (QED) is 0.567. The van der Waals surface area contributed by atoms with Crippen molar-refractivity contribution in [1.82, 2.24) is 15.1 Å². The molecule has 0 aliphatic carbocycles. The summed E-state index contributed by atoms with van der Waals surface area (Å²) in [5, 5.41) is 2.86. The molecule has 196 valence electrons. The number of halogens is 1. The summed E-state index contributed by atoms with van der Waals surface area (Å²) >= 11 is 0. The van der Waals surface area contributed by atoms with E-state index in [1.807, 2.05) is 19.9 Å². The van der Waals surface area contributed by atoms with E-state index in [0.29, 0.717) is 31.5 Å². The van der Waals surface area contributed by atoms with Gasteiger partial charge in [0.15, 0.2) is 5.78 Å². The van der Waals surface area contributed by atoms with Crippen LogP contribution in [0.15, 0.2) is 48.5 Å². The number of likely N-dealkylation sites (tertiary alicyclic amines) is 2. The number of nitrogens with two attached hydrogens (primary N) is 1. The van der Waals surface area contributed by atoms with Crippen molar-refractivity contribution in [2.24, 2.45) is 11.7 Å². The standard InChI is InChI=1S/C28H33FN4O4/c1-17(2)12-22(31-27(36)20-8-5-6-18(13-20)15-30)28(37)32-11-10-23-26(32)24(34)16-33(23)25(35)14-19-7-3-4-9-21(19)29/h3-9,13,17,22-23,26H,10-12,14-16,30H2,1-2H3,(H,31,36)/t22?,23-,26+/m1/s1. The van der Waals surface area contributed by atoms with Crippen LogP contribution in [0.1, 0.15) is 48.2 Å². The average Bonchev–Trinajstić information content (AvgIpc) is 3.45. The molecule has 9 heteroatoms. The van der Waals surface area contributed by atoms with E-state index >= 15 is 0 Å². The molecule has 3 N–H and O–H groups in total. The average molecular weight is 509 g/mol. The van der Waals surface area contributed by atoms with E-state index in [4.69, 9.17) is 5.73 Å². The number of nitrogens with one attached hydrogen (secondary N) is 1. The van der Waals surface area contributed by atoms with Gasteiger partial charge >= 0.3 is 0 Å². The van der Waals surface area contributed by atoms with Crippen LogP contribution in [-0.4, -0.2) is 64.5 Å². The molecule has 8 nitrogen and oxygen atoms in total. The van der Waals surface area contributed by atoms with Crippen LogP contribution in [0.25, 0.3) is 0 Å². The van der Waals surface area contributed by atoms with Crippen molar-refractivity contribution in [3.05, 3.63) is 71.0 Å². The van der Waals surface area contributed by atoms with E-state index in [2.05, 4.69) is 5.32 Å². The highest BCUT2D eigenvalue weighted by molar-refractivity contribution is 6.01. The zero-order valence-corrected chi connectivity index (χ0v) is 21.2. The van der Waals surface area contributed by atoms with Gasteiger partial charge in [0.2, 0.25) is 11.8 Å². The maximum atomic E-state index is 14.1. The number of nitrogens with zero attached hydrogens (tertiary/aromatic N) is 2. The normalized spacial score (nSPS) is 19.8. The number of fused-ring (bicyclic) bond motifs is 1. The lowest BCUT2D eigenvalue weighted by atomic mass is 10.0. The van der Waals surface area contributed by atoms with E-state index in [-0.39, 0.29) is 48.0 Å². The molecule has 3 amide bonds. The molecule has 0 aromatic heterocycles. The molecule has 3 atom stereocenters. The Morgan fingerprint density at radius 1 is 1.11 bits per heavy atom. The lowest BCUT2D eigenvalue weighted by Crippen LogP contribution is -2.53. The Morgan fingerprint density at radius 3 is 2.57 bits per heavy atom. The van der Waals surface area contributed by atoms with Crippen molar-refractivity contribution in [2.45, 2.75) is 57.8 Å². The van der Waals surface area contributed by atoms with Crippen LogP contribution in [0.2, 0.25) is 0 Å². The summed E-state index contributed by atoms with van der Waals surface area (Å²) in [5.41, 5.74) is 7.17. The van der Waals surface area contributed by atoms with E-state index in [1.165, 1.54) is 15.9 Å². The molecule has 0 radical (unpaired) electrons. The molecule has 1 unspecified atom stereocenters. The number of benzene rings is 2. The first kappa shape index (κ1) is 26.5. The van der Waals surface area contributed by atoms with Crippen LogP contribution in [0, 0.1) is 11.7 Å². The number of carbonyl (C=O) groups excluding carboxylic acids is 4. The number of amides is 3. The van der Waals surface area contributed by atoms with Crippen molar-refractivity contribution >= 4 is 23.5 Å². The van der Waals surface area contributed by atoms with Crippen LogP contribution < -0.4 is 11.1 Å². The van der Waals surface area contributed by atoms with Crippen LogP contribution in [0.4, 0.5) is 4.39 Å². The van der Waals surface area contributed by atoms with E-state index in [0.717, 1.165) is 5.56 Å². The van der Waals surface area contributed by atoms with E-state index in [9.17, 15) is 23.6 Å². The Labute approximate surface area is 216 Å². The number of Topliss-reactive ketones (excluding diaryl/α,β-unsaturated/α-hetero) is 1. The molecule has 2 heterocycles. The number of hydrogen-bond acceptors (Lipinski definition) is 5. The minimum Gasteiger partial charge on any atom is -0.340 e. The van der Waals surface area contributed by atoms with E-state index in [1.54, 1.807) is 36.4 Å². The van der Waals surface area contributed by atoms with Crippen molar-refractivity contribution < 1.29 is 23.6 Å². The number of rotatable bonds is 8. The smallest absolute Gasteiger partial charge is 0.251 e. The van der Waals surface area contributed by atoms with Gasteiger partial charge in [-0.3, -0.25) is 19.2 Å². The highest BCUT2D eigenvalue weighted by Gasteiger charge is 2.52. The number of hydrogen-bond donors (Lipinski definition) is 2. The van der Waals surface area contributed by atoms with Crippen LogP contribution in [-0.2, 0) is 27.3 Å². The fourth-order valence-corrected chi connectivity index (χ4v) is 5.27. The molecule has 2 aliphatic rings. The first-order chi connectivity index (χ1) is 17.7. The summed E-state index contributed by atoms with van der Waals surface area (Å²) in [6.07, 6.45) is 0.705. The third kappa shape index (κ3) is 5.72. The fraction of sp³-hybridized carbons (Fsp3) is 0.429. The lowest BCUT2D eigenvalue weighted by Gasteiger charge is -2.29. The molecule has 2 aromatic rings. The predicted octanol–water partition coefficient (Wildman–Crippen LogP) is 2.05. The second-order valence-corrected chi connectivity index (χ2v) is 10.1. The molecule has 2 saturated heterocycles. The molecule has 4 rings (SSSR count). The van der Waals surface area contributed by atoms with Gasteiger partial charge in [-0.25, -0.2) is 4.39 Å². The Hall–Kier alpha value is -3.59. The molecule has 37 heavy (non-hydrogen) atoms. The summed E-state index contributed by atoms with van der Waals surface area (Å²) in [5.74, 6) is -1.63. The largest absolute Gasteiger partial charge is 0.340 e. The Morgan fingerprint density at radius 2 is 1.86 bits per heavy atom. The van der Waals surface area contributed by atoms with Crippen molar-refractivity contribution in [2.75, 3.05) is 13.1 Å². The maximum absolute atomic E-state index is 14.1. The molecular weight excluding hydrogens is 475 g/mol. The molecule has 0 spiro atoms. The number of carbonyl (C=O) groups is 4. The first-order valence-corrected chi connectivity index (χ1v) is 12.7. The van der Waals surface area contributed by atoms with Gasteiger partial charge < -0.3 is 20.9 Å². The van der Waals surface area contributed by atoms with Gasteiger partial charge in [-0.1, -0.05) is 44.2 Å². The third-order valence-corrected chi connectivity index (χ3v) is 7.06. The summed E-state index contributed by atoms with van der Waals surface area (Å²) < 4.78 is 14.1. The topological polar surface area (TPSA) is 113 Å². The Balaban J connectivity index is 1.48. The summed E-state index contributed by atoms with van der Waals surface area (Å²) in [7, 11) is 0. The van der Waals surface area contributed by atoms with Gasteiger partial charge in [0, 0.05) is 18.7 Å². The lowest BCUT2D eigenvalue weighted by molar-refractivity contribution is -0.138. The minimum atomic E-state index is -0.816. The Bertz CT molecular complexity index is 1200. The van der Waals surface area contributed by atoms with Crippen LogP contribution >= 0.6 is 0 Å². The van der Waals surface area contributed by atoms with Gasteiger partial charge in [-0.15, -0.1) is 0 Å². The summed E-state index contributed by atoms with van der Waals surface area (Å²) in [6, 6.07) is 11.0. The molecular formula is C28H33FN4O4. The SMILES string of the molecule is CC(C)CC(NC(=O)c1cccc(CN)c1)C(=O)N1CC[C@@H]2[C@H]1C(=O)CN2C(=O)Cc1ccccc1F. The van der Waals surface area contributed by atoms with Crippen LogP contribution in [0.5, 0.6) is 0 Å². The fourth-order valence-electron chi connectivity index (χ4n) is 5.27. The van der Waals surface area contributed by atoms with Gasteiger partial charge in [0.1, 0.15) is 17.9 Å². The second kappa shape index (κ2) is 11.2. The van der Waals surface area contributed by atoms with E-state index < -0.39 is 23.9 Å². The monoisotopic (exact) mass is 508 g/mol. The Kier molecular flexibility index (Phi) is 8.02. The van der Waals surface area contributed by atoms with Gasteiger partial charge in [-0.2, -0.15) is 0 Å². The minimum absolute atomic E-state index is 0.112. The zero-order chi connectivity index (χ0) is 26.7. The third-order valence-electron chi connectivity index (χ3n) is 7.06. The predicted molar refractivity (Wildman–Crippen MR) is 136 cm³/mol. The van der Waals surface area contributed by atoms with Crippen LogP contribution in [0.3, 0.4) is 0 Å². The van der Waals surface area contributed by atoms with Gasteiger partial charge in [-0.05, 0) is 48.1 Å². The second-order valence-electron chi connectivity index (χ2n) is 10.1. The summed E-state index contributed by atoms with van der Waals surface area (Å²) in [4.78, 5) is 55.6. The molecule has 2 fully saturated rings. The zero-order valence-electron chi connectivity index (χ0n) is 21.2. The highest BCUT2D eigenvalue weighted by atomic mass is 19.1. The molecule has 0 saturated carbocycles. The van der Waals surface area contributed by atoms with Crippen molar-refractivity contribution in [3.63, 3.8) is 0 Å². The molecule has 2 aromatic carbocycles. The molecule has 2 aliphatic heterocycles. The maximum Gasteiger partial charge on any atom is 0.251 e. The molecule has 0 bridgehead atoms. The number of ketones is 1. The highest BCUT2D eigenvalue weighted by Crippen LogP contribution is 2.31. The van der Waals surface area contributed by atoms with Gasteiger partial charge in [0.25, 0.3) is 5.91 Å². The van der Waals surface area contributed by atoms with Crippen molar-refractivity contribution in [3.8, 4) is 0 Å².